The van der Waals surface area contributed by atoms with E-state index < -0.39 is 0 Å². The summed E-state index contributed by atoms with van der Waals surface area (Å²) in [6.07, 6.45) is 0.502. The van der Waals surface area contributed by atoms with E-state index >= 15 is 0 Å². The number of nitrogens with zero attached hydrogens (tertiary/aromatic N) is 2. The minimum atomic E-state index is -0.0572. The van der Waals surface area contributed by atoms with Crippen LogP contribution in [0.15, 0.2) is 29.3 Å². The molecule has 5 heteroatoms. The highest BCUT2D eigenvalue weighted by Gasteiger charge is 2.33. The van der Waals surface area contributed by atoms with Crippen molar-refractivity contribution in [2.45, 2.75) is 65.2 Å². The normalized spacial score (nSPS) is 23.1. The largest absolute Gasteiger partial charge is 0.373 e. The molecule has 1 aromatic rings. The Hall–Kier alpha value is -1.59. The highest BCUT2D eigenvalue weighted by atomic mass is 16.5. The number of ether oxygens (including phenoxy) is 1. The highest BCUT2D eigenvalue weighted by Crippen LogP contribution is 2.22. The lowest BCUT2D eigenvalue weighted by molar-refractivity contribution is -0.0939. The number of anilines is 1. The Bertz CT molecular complexity index is 587. The van der Waals surface area contributed by atoms with Crippen LogP contribution in [0.3, 0.4) is 0 Å². The van der Waals surface area contributed by atoms with E-state index in [2.05, 4.69) is 68.9 Å². The van der Waals surface area contributed by atoms with Crippen LogP contribution in [-0.4, -0.2) is 48.2 Å². The Labute approximate surface area is 152 Å². The summed E-state index contributed by atoms with van der Waals surface area (Å²) in [5.74, 6) is 0.951. The van der Waals surface area contributed by atoms with Crippen LogP contribution in [0.2, 0.25) is 0 Å². The molecule has 1 saturated heterocycles. The molecule has 0 amide bonds. The first-order chi connectivity index (χ1) is 11.7. The fraction of sp³-hybridized carbons (Fsp3) is 0.650. The van der Waals surface area contributed by atoms with Crippen LogP contribution < -0.4 is 11.1 Å². The number of morpholine rings is 1. The van der Waals surface area contributed by atoms with Crippen molar-refractivity contribution in [3.05, 3.63) is 29.8 Å². The molecule has 2 unspecified atom stereocenters. The maximum atomic E-state index is 6.12. The second kappa shape index (κ2) is 8.19. The summed E-state index contributed by atoms with van der Waals surface area (Å²) >= 11 is 0. The summed E-state index contributed by atoms with van der Waals surface area (Å²) < 4.78 is 5.83. The smallest absolute Gasteiger partial charge is 0.193 e. The first kappa shape index (κ1) is 19.7. The Morgan fingerprint density at radius 2 is 1.96 bits per heavy atom. The van der Waals surface area contributed by atoms with E-state index in [9.17, 15) is 0 Å². The van der Waals surface area contributed by atoms with Crippen molar-refractivity contribution < 1.29 is 4.74 Å². The van der Waals surface area contributed by atoms with Gasteiger partial charge in [0.25, 0.3) is 0 Å². The van der Waals surface area contributed by atoms with Gasteiger partial charge in [-0.05, 0) is 51.3 Å². The summed E-state index contributed by atoms with van der Waals surface area (Å²) in [6.45, 7) is 15.6. The maximum Gasteiger partial charge on any atom is 0.193 e. The lowest BCUT2D eigenvalue weighted by atomic mass is 10.0. The number of nitrogens with one attached hydrogen (secondary N) is 1. The first-order valence-corrected chi connectivity index (χ1v) is 9.25. The average Bonchev–Trinajstić information content (AvgIpc) is 2.52. The second-order valence-electron chi connectivity index (χ2n) is 8.08. The van der Waals surface area contributed by atoms with Gasteiger partial charge in [-0.3, -0.25) is 9.89 Å². The molecule has 5 nitrogen and oxygen atoms in total. The van der Waals surface area contributed by atoms with Crippen molar-refractivity contribution in [3.8, 4) is 0 Å². The van der Waals surface area contributed by atoms with Gasteiger partial charge in [-0.25, -0.2) is 0 Å². The van der Waals surface area contributed by atoms with Crippen molar-refractivity contribution in [1.82, 2.24) is 4.90 Å². The fourth-order valence-corrected chi connectivity index (χ4v) is 3.21. The minimum Gasteiger partial charge on any atom is -0.373 e. The predicted molar refractivity (Wildman–Crippen MR) is 106 cm³/mol. The zero-order valence-electron chi connectivity index (χ0n) is 16.5. The van der Waals surface area contributed by atoms with Crippen molar-refractivity contribution in [2.24, 2.45) is 10.7 Å². The Kier molecular flexibility index (Phi) is 6.47. The van der Waals surface area contributed by atoms with Crippen molar-refractivity contribution in [1.29, 1.82) is 0 Å². The quantitative estimate of drug-likeness (QED) is 0.633. The molecule has 0 radical (unpaired) electrons. The summed E-state index contributed by atoms with van der Waals surface area (Å²) in [5, 5.41) is 3.21. The lowest BCUT2D eigenvalue weighted by Crippen LogP contribution is -2.56. The molecule has 140 valence electrons. The summed E-state index contributed by atoms with van der Waals surface area (Å²) in [5.41, 5.74) is 8.33. The van der Waals surface area contributed by atoms with E-state index in [1.54, 1.807) is 0 Å². The molecule has 1 fully saturated rings. The molecule has 0 aromatic heterocycles. The van der Waals surface area contributed by atoms with Crippen molar-refractivity contribution in [2.75, 3.05) is 25.0 Å². The summed E-state index contributed by atoms with van der Waals surface area (Å²) in [6, 6.07) is 8.33. The summed E-state index contributed by atoms with van der Waals surface area (Å²) in [4.78, 5) is 7.04. The molecule has 2 atom stereocenters. The van der Waals surface area contributed by atoms with Gasteiger partial charge in [-0.2, -0.15) is 0 Å². The van der Waals surface area contributed by atoms with E-state index in [1.807, 2.05) is 12.1 Å². The van der Waals surface area contributed by atoms with Crippen LogP contribution in [0.4, 0.5) is 5.69 Å². The molecular formula is C20H34N4O. The highest BCUT2D eigenvalue weighted by molar-refractivity contribution is 5.92. The molecule has 0 aliphatic carbocycles. The number of hydrogen-bond acceptors (Lipinski definition) is 3. The minimum absolute atomic E-state index is 0.0572. The van der Waals surface area contributed by atoms with Crippen LogP contribution in [0.5, 0.6) is 0 Å². The predicted octanol–water partition coefficient (Wildman–Crippen LogP) is 3.42. The number of aliphatic imine (C=N–C) groups is 1. The van der Waals surface area contributed by atoms with Crippen molar-refractivity contribution >= 4 is 11.6 Å². The Balaban J connectivity index is 1.98. The van der Waals surface area contributed by atoms with Gasteiger partial charge in [0.05, 0.1) is 18.8 Å². The van der Waals surface area contributed by atoms with Gasteiger partial charge in [-0.1, -0.05) is 26.0 Å². The molecule has 1 aliphatic rings. The van der Waals surface area contributed by atoms with Crippen LogP contribution in [-0.2, 0) is 4.74 Å². The zero-order chi connectivity index (χ0) is 18.6. The van der Waals surface area contributed by atoms with Gasteiger partial charge in [0, 0.05) is 24.3 Å². The second-order valence-corrected chi connectivity index (χ2v) is 8.08. The molecule has 3 N–H and O–H groups in total. The number of hydrogen-bond donors (Lipinski definition) is 2. The number of rotatable bonds is 5. The number of nitrogens with two attached hydrogens (primary N) is 1. The van der Waals surface area contributed by atoms with E-state index in [4.69, 9.17) is 10.5 Å². The topological polar surface area (TPSA) is 62.9 Å². The van der Waals surface area contributed by atoms with Crippen LogP contribution >= 0.6 is 0 Å². The van der Waals surface area contributed by atoms with Gasteiger partial charge in [0.2, 0.25) is 0 Å². The van der Waals surface area contributed by atoms with Gasteiger partial charge in [-0.15, -0.1) is 0 Å². The molecule has 25 heavy (non-hydrogen) atoms. The zero-order valence-corrected chi connectivity index (χ0v) is 16.5. The molecule has 1 heterocycles. The number of guanidine groups is 1. The molecule has 1 aliphatic heterocycles. The maximum absolute atomic E-state index is 6.12. The van der Waals surface area contributed by atoms with Gasteiger partial charge in [0.15, 0.2) is 5.96 Å². The Morgan fingerprint density at radius 1 is 1.32 bits per heavy atom. The third-order valence-electron chi connectivity index (χ3n) is 4.74. The van der Waals surface area contributed by atoms with Gasteiger partial charge < -0.3 is 15.8 Å². The van der Waals surface area contributed by atoms with Crippen molar-refractivity contribution in [3.63, 3.8) is 0 Å². The molecule has 0 spiro atoms. The standard InChI is InChI=1S/C20H34N4O/c1-14(2)17-8-7-9-18(10-17)23-19(21)22-13-20(5,6)24-11-15(3)25-16(4)12-24/h7-10,14-16H,11-13H2,1-6H3,(H3,21,22,23). The van der Waals surface area contributed by atoms with E-state index in [0.717, 1.165) is 18.8 Å². The van der Waals surface area contributed by atoms with E-state index in [-0.39, 0.29) is 17.7 Å². The van der Waals surface area contributed by atoms with E-state index in [0.29, 0.717) is 18.4 Å². The molecule has 2 rings (SSSR count). The number of benzene rings is 1. The molecule has 0 bridgehead atoms. The van der Waals surface area contributed by atoms with Gasteiger partial charge >= 0.3 is 0 Å². The molecule has 0 saturated carbocycles. The van der Waals surface area contributed by atoms with Gasteiger partial charge in [0.1, 0.15) is 0 Å². The SMILES string of the molecule is CC1CN(C(C)(C)CN=C(N)Nc2cccc(C(C)C)c2)CC(C)O1. The third kappa shape index (κ3) is 5.72. The van der Waals surface area contributed by atoms with E-state index in [1.165, 1.54) is 5.56 Å². The average molecular weight is 347 g/mol. The monoisotopic (exact) mass is 346 g/mol. The third-order valence-corrected chi connectivity index (χ3v) is 4.74. The molecular weight excluding hydrogens is 312 g/mol. The lowest BCUT2D eigenvalue weighted by Gasteiger charge is -2.44. The molecule has 1 aromatic carbocycles. The van der Waals surface area contributed by atoms with Crippen LogP contribution in [0.1, 0.15) is 53.0 Å². The first-order valence-electron chi connectivity index (χ1n) is 9.25. The van der Waals surface area contributed by atoms with Crippen LogP contribution in [0, 0.1) is 0 Å². The van der Waals surface area contributed by atoms with Crippen LogP contribution in [0.25, 0.3) is 0 Å². The summed E-state index contributed by atoms with van der Waals surface area (Å²) in [7, 11) is 0. The Morgan fingerprint density at radius 3 is 2.56 bits per heavy atom. The fourth-order valence-electron chi connectivity index (χ4n) is 3.21.